The van der Waals surface area contributed by atoms with Crippen molar-refractivity contribution in [3.8, 4) is 16.9 Å². The number of carbonyl (C=O) groups excluding carboxylic acids is 1. The topological polar surface area (TPSA) is 59.9 Å². The summed E-state index contributed by atoms with van der Waals surface area (Å²) in [6.45, 7) is 0.995. The van der Waals surface area contributed by atoms with Crippen LogP contribution >= 0.6 is 0 Å². The molecule has 1 N–H and O–H groups in total. The van der Waals surface area contributed by atoms with E-state index in [1.165, 1.54) is 30.3 Å². The molecule has 3 aromatic rings. The molecule has 1 fully saturated rings. The average molecular weight is 545 g/mol. The Morgan fingerprint density at radius 3 is 2.21 bits per heavy atom. The van der Waals surface area contributed by atoms with Crippen molar-refractivity contribution < 1.29 is 36.2 Å². The van der Waals surface area contributed by atoms with E-state index in [0.29, 0.717) is 24.3 Å². The first-order valence-electron chi connectivity index (χ1n) is 12.5. The first kappa shape index (κ1) is 26.8. The summed E-state index contributed by atoms with van der Waals surface area (Å²) in [4.78, 5) is 17.8. The Hall–Kier alpha value is -3.79. The molecule has 39 heavy (non-hydrogen) atoms. The van der Waals surface area contributed by atoms with E-state index in [-0.39, 0.29) is 35.5 Å². The monoisotopic (exact) mass is 544 g/mol. The summed E-state index contributed by atoms with van der Waals surface area (Å²) >= 11 is 0. The molecule has 3 atom stereocenters. The number of carbonyl (C=O) groups is 1. The number of halogens is 5. The van der Waals surface area contributed by atoms with E-state index < -0.39 is 30.0 Å². The lowest BCUT2D eigenvalue weighted by Gasteiger charge is -2.20. The summed E-state index contributed by atoms with van der Waals surface area (Å²) in [5.41, 5.74) is 1.98. The predicted octanol–water partition coefficient (Wildman–Crippen LogP) is 6.38. The predicted molar refractivity (Wildman–Crippen MR) is 134 cm³/mol. The molecule has 2 aliphatic rings. The van der Waals surface area contributed by atoms with Gasteiger partial charge in [-0.2, -0.15) is 0 Å². The van der Waals surface area contributed by atoms with Gasteiger partial charge in [-0.05, 0) is 53.8 Å². The van der Waals surface area contributed by atoms with Gasteiger partial charge in [-0.15, -0.1) is 13.2 Å². The summed E-state index contributed by atoms with van der Waals surface area (Å²) < 4.78 is 76.0. The van der Waals surface area contributed by atoms with Gasteiger partial charge < -0.3 is 14.8 Å². The summed E-state index contributed by atoms with van der Waals surface area (Å²) in [6.07, 6.45) is -3.01. The Balaban J connectivity index is 1.39. The maximum atomic E-state index is 14.6. The number of ether oxygens (including phenoxy) is 2. The Morgan fingerprint density at radius 1 is 0.974 bits per heavy atom. The summed E-state index contributed by atoms with van der Waals surface area (Å²) in [7, 11) is 0. The Morgan fingerprint density at radius 2 is 1.62 bits per heavy atom. The molecule has 2 unspecified atom stereocenters. The lowest BCUT2D eigenvalue weighted by molar-refractivity contribution is -0.274. The minimum absolute atomic E-state index is 0.0578. The molecule has 0 radical (unpaired) electrons. The standard InChI is InChI=1S/C29H25F5N2O3/c30-23-4-1-5-24(31)26(23)25-15-22(28(37)35-16-21-3-2-14-38-21)27(36-25)19-8-6-17(7-9-19)18-10-12-20(13-11-18)39-29(32,33)34/h1,4-13,21-22,27H,2-3,14-16H2,(H,35,37)/t21?,22-,27?/m0/s1. The maximum Gasteiger partial charge on any atom is 0.573 e. The van der Waals surface area contributed by atoms with Crippen LogP contribution in [0.3, 0.4) is 0 Å². The van der Waals surface area contributed by atoms with Crippen LogP contribution < -0.4 is 10.1 Å². The molecular formula is C29H25F5N2O3. The number of nitrogens with zero attached hydrogens (tertiary/aromatic N) is 1. The van der Waals surface area contributed by atoms with Gasteiger partial charge in [0.05, 0.1) is 23.6 Å². The van der Waals surface area contributed by atoms with Gasteiger partial charge in [0.25, 0.3) is 0 Å². The van der Waals surface area contributed by atoms with Crippen LogP contribution in [0.25, 0.3) is 11.1 Å². The zero-order valence-corrected chi connectivity index (χ0v) is 20.7. The van der Waals surface area contributed by atoms with E-state index in [4.69, 9.17) is 4.74 Å². The third kappa shape index (κ3) is 6.27. The van der Waals surface area contributed by atoms with Gasteiger partial charge in [0.15, 0.2) is 0 Å². The van der Waals surface area contributed by atoms with E-state index in [1.807, 2.05) is 0 Å². The average Bonchev–Trinajstić information content (AvgIpc) is 3.58. The molecular weight excluding hydrogens is 519 g/mol. The van der Waals surface area contributed by atoms with E-state index in [1.54, 1.807) is 24.3 Å². The molecule has 2 aliphatic heterocycles. The molecule has 0 aromatic heterocycles. The summed E-state index contributed by atoms with van der Waals surface area (Å²) in [5, 5.41) is 2.91. The fraction of sp³-hybridized carbons (Fsp3) is 0.310. The summed E-state index contributed by atoms with van der Waals surface area (Å²) in [6, 6.07) is 15.4. The number of rotatable bonds is 7. The lowest BCUT2D eigenvalue weighted by Crippen LogP contribution is -2.37. The number of alkyl halides is 3. The van der Waals surface area contributed by atoms with Crippen molar-refractivity contribution in [3.63, 3.8) is 0 Å². The van der Waals surface area contributed by atoms with Crippen LogP contribution in [0, 0.1) is 17.6 Å². The zero-order valence-electron chi connectivity index (χ0n) is 20.7. The third-order valence-corrected chi connectivity index (χ3v) is 6.88. The highest BCUT2D eigenvalue weighted by molar-refractivity contribution is 6.05. The molecule has 10 heteroatoms. The van der Waals surface area contributed by atoms with E-state index in [0.717, 1.165) is 30.5 Å². The lowest BCUT2D eigenvalue weighted by atomic mass is 9.89. The fourth-order valence-corrected chi connectivity index (χ4v) is 4.99. The molecule has 2 heterocycles. The SMILES string of the molecule is O=C(NCC1CCCO1)[C@H]1CC(c2c(F)cccc2F)=NC1c1ccc(-c2ccc(OC(F)(F)F)cc2)cc1. The van der Waals surface area contributed by atoms with Crippen molar-refractivity contribution in [1.82, 2.24) is 5.32 Å². The van der Waals surface area contributed by atoms with E-state index >= 15 is 0 Å². The first-order valence-corrected chi connectivity index (χ1v) is 12.5. The van der Waals surface area contributed by atoms with Crippen molar-refractivity contribution in [1.29, 1.82) is 0 Å². The number of benzene rings is 3. The number of hydrogen-bond acceptors (Lipinski definition) is 4. The first-order chi connectivity index (χ1) is 18.7. The Labute approximate surface area is 221 Å². The molecule has 0 spiro atoms. The smallest absolute Gasteiger partial charge is 0.406 e. The molecule has 0 bridgehead atoms. The van der Waals surface area contributed by atoms with Crippen LogP contribution in [-0.4, -0.2) is 37.2 Å². The van der Waals surface area contributed by atoms with Crippen LogP contribution in [0.2, 0.25) is 0 Å². The van der Waals surface area contributed by atoms with Crippen LogP contribution in [0.15, 0.2) is 71.7 Å². The highest BCUT2D eigenvalue weighted by Crippen LogP contribution is 2.38. The second-order valence-corrected chi connectivity index (χ2v) is 9.50. The van der Waals surface area contributed by atoms with Crippen molar-refractivity contribution in [2.24, 2.45) is 10.9 Å². The van der Waals surface area contributed by atoms with E-state index in [9.17, 15) is 26.7 Å². The minimum Gasteiger partial charge on any atom is -0.406 e. The Bertz CT molecular complexity index is 1330. The number of amides is 1. The van der Waals surface area contributed by atoms with Gasteiger partial charge in [-0.25, -0.2) is 8.78 Å². The second-order valence-electron chi connectivity index (χ2n) is 9.50. The molecule has 1 amide bonds. The van der Waals surface area contributed by atoms with Crippen LogP contribution in [-0.2, 0) is 9.53 Å². The quantitative estimate of drug-likeness (QED) is 0.352. The number of aliphatic imine (C=N–C) groups is 1. The van der Waals surface area contributed by atoms with Crippen molar-refractivity contribution in [2.45, 2.75) is 37.8 Å². The molecule has 1 saturated heterocycles. The zero-order chi connectivity index (χ0) is 27.6. The highest BCUT2D eigenvalue weighted by atomic mass is 19.4. The molecule has 0 aliphatic carbocycles. The molecule has 5 nitrogen and oxygen atoms in total. The summed E-state index contributed by atoms with van der Waals surface area (Å²) in [5.74, 6) is -2.80. The minimum atomic E-state index is -4.78. The van der Waals surface area contributed by atoms with Crippen LogP contribution in [0.5, 0.6) is 5.75 Å². The van der Waals surface area contributed by atoms with Gasteiger partial charge in [0.2, 0.25) is 5.91 Å². The van der Waals surface area contributed by atoms with Crippen LogP contribution in [0.1, 0.15) is 36.4 Å². The van der Waals surface area contributed by atoms with Gasteiger partial charge in [0, 0.05) is 25.3 Å². The second kappa shape index (κ2) is 11.1. The maximum absolute atomic E-state index is 14.6. The van der Waals surface area contributed by atoms with Crippen molar-refractivity contribution in [3.05, 3.63) is 89.5 Å². The molecule has 204 valence electrons. The number of hydrogen-bond donors (Lipinski definition) is 1. The van der Waals surface area contributed by atoms with Crippen molar-refractivity contribution >= 4 is 11.6 Å². The number of nitrogens with one attached hydrogen (secondary N) is 1. The molecule has 5 rings (SSSR count). The van der Waals surface area contributed by atoms with Gasteiger partial charge in [-0.1, -0.05) is 42.5 Å². The van der Waals surface area contributed by atoms with Gasteiger partial charge in [-0.3, -0.25) is 9.79 Å². The van der Waals surface area contributed by atoms with Crippen molar-refractivity contribution in [2.75, 3.05) is 13.2 Å². The molecule has 3 aromatic carbocycles. The van der Waals surface area contributed by atoms with Gasteiger partial charge in [0.1, 0.15) is 17.4 Å². The van der Waals surface area contributed by atoms with Crippen LogP contribution in [0.4, 0.5) is 22.0 Å². The van der Waals surface area contributed by atoms with Gasteiger partial charge >= 0.3 is 6.36 Å². The normalized spacial score (nSPS) is 21.1. The third-order valence-electron chi connectivity index (χ3n) is 6.88. The fourth-order valence-electron chi connectivity index (χ4n) is 4.99. The Kier molecular flexibility index (Phi) is 7.65. The largest absolute Gasteiger partial charge is 0.573 e. The molecule has 0 saturated carbocycles. The highest BCUT2D eigenvalue weighted by Gasteiger charge is 2.38. The van der Waals surface area contributed by atoms with E-state index in [2.05, 4.69) is 15.0 Å².